The number of amides is 1. The first-order valence-corrected chi connectivity index (χ1v) is 3.86. The summed E-state index contributed by atoms with van der Waals surface area (Å²) in [7, 11) is 0. The summed E-state index contributed by atoms with van der Waals surface area (Å²) in [6.45, 7) is 0. The van der Waals surface area contributed by atoms with Gasteiger partial charge in [0.2, 0.25) is 0 Å². The zero-order valence-corrected chi connectivity index (χ0v) is 7.06. The number of carbonyl (C=O) groups excluding carboxylic acids is 2. The van der Waals surface area contributed by atoms with Gasteiger partial charge in [-0.1, -0.05) is 0 Å². The van der Waals surface area contributed by atoms with E-state index in [0.29, 0.717) is 22.9 Å². The maximum atomic E-state index is 10.7. The molecule has 1 amide bonds. The van der Waals surface area contributed by atoms with Crippen LogP contribution in [0.3, 0.4) is 0 Å². The van der Waals surface area contributed by atoms with E-state index < -0.39 is 5.91 Å². The topological polar surface area (TPSA) is 86.2 Å². The number of primary amides is 1. The highest BCUT2D eigenvalue weighted by Gasteiger charge is 2.10. The Hall–Kier alpha value is -2.17. The van der Waals surface area contributed by atoms with Gasteiger partial charge in [0.15, 0.2) is 5.58 Å². The molecular formula is C9H6N2O3. The van der Waals surface area contributed by atoms with E-state index in [2.05, 4.69) is 4.98 Å². The van der Waals surface area contributed by atoms with Gasteiger partial charge in [-0.2, -0.15) is 0 Å². The average Bonchev–Trinajstić information content (AvgIpc) is 2.59. The quantitative estimate of drug-likeness (QED) is 0.707. The van der Waals surface area contributed by atoms with Crippen molar-refractivity contribution in [1.82, 2.24) is 4.98 Å². The lowest BCUT2D eigenvalue weighted by molar-refractivity contribution is 0.0969. The zero-order chi connectivity index (χ0) is 10.1. The molecule has 0 aliphatic rings. The van der Waals surface area contributed by atoms with E-state index >= 15 is 0 Å². The Morgan fingerprint density at radius 3 is 2.93 bits per heavy atom. The summed E-state index contributed by atoms with van der Waals surface area (Å²) in [6.07, 6.45) is 0.693. The minimum Gasteiger partial charge on any atom is -0.432 e. The van der Waals surface area contributed by atoms with Crippen molar-refractivity contribution in [3.63, 3.8) is 0 Å². The smallest absolute Gasteiger partial charge is 0.304 e. The molecule has 0 fully saturated rings. The number of fused-ring (bicyclic) bond motifs is 1. The van der Waals surface area contributed by atoms with Crippen LogP contribution < -0.4 is 5.73 Å². The Morgan fingerprint density at radius 1 is 1.50 bits per heavy atom. The number of carbonyl (C=O) groups is 2. The van der Waals surface area contributed by atoms with Crippen LogP contribution in [0.1, 0.15) is 21.0 Å². The molecule has 0 radical (unpaired) electrons. The minimum absolute atomic E-state index is 0.150. The third kappa shape index (κ3) is 1.24. The van der Waals surface area contributed by atoms with E-state index in [0.717, 1.165) is 0 Å². The van der Waals surface area contributed by atoms with E-state index in [1.165, 1.54) is 6.07 Å². The van der Waals surface area contributed by atoms with Crippen LogP contribution in [0.2, 0.25) is 0 Å². The second kappa shape index (κ2) is 2.95. The Bertz CT molecular complexity index is 516. The van der Waals surface area contributed by atoms with Gasteiger partial charge in [0.25, 0.3) is 5.89 Å². The summed E-state index contributed by atoms with van der Waals surface area (Å²) < 4.78 is 5.03. The van der Waals surface area contributed by atoms with Gasteiger partial charge in [-0.15, -0.1) is 0 Å². The number of hydrogen-bond acceptors (Lipinski definition) is 4. The lowest BCUT2D eigenvalue weighted by atomic mass is 10.2. The van der Waals surface area contributed by atoms with Crippen molar-refractivity contribution in [2.45, 2.75) is 0 Å². The summed E-state index contributed by atoms with van der Waals surface area (Å²) >= 11 is 0. The molecule has 2 rings (SSSR count). The van der Waals surface area contributed by atoms with E-state index in [9.17, 15) is 9.59 Å². The molecule has 2 N–H and O–H groups in total. The number of rotatable bonds is 2. The van der Waals surface area contributed by atoms with E-state index in [4.69, 9.17) is 10.2 Å². The minimum atomic E-state index is -0.728. The Morgan fingerprint density at radius 2 is 2.29 bits per heavy atom. The third-order valence-electron chi connectivity index (χ3n) is 1.76. The van der Waals surface area contributed by atoms with Gasteiger partial charge >= 0.3 is 5.91 Å². The highest BCUT2D eigenvalue weighted by Crippen LogP contribution is 2.15. The van der Waals surface area contributed by atoms with Crippen LogP contribution >= 0.6 is 0 Å². The molecule has 0 bridgehead atoms. The molecule has 1 aromatic heterocycles. The zero-order valence-electron chi connectivity index (χ0n) is 7.06. The van der Waals surface area contributed by atoms with Gasteiger partial charge in [0, 0.05) is 5.56 Å². The molecule has 70 valence electrons. The second-order valence-corrected chi connectivity index (χ2v) is 2.73. The first-order valence-electron chi connectivity index (χ1n) is 3.86. The summed E-state index contributed by atoms with van der Waals surface area (Å²) in [4.78, 5) is 25.0. The molecule has 0 saturated carbocycles. The molecule has 14 heavy (non-hydrogen) atoms. The van der Waals surface area contributed by atoms with E-state index in [-0.39, 0.29) is 5.89 Å². The molecule has 2 aromatic rings. The lowest BCUT2D eigenvalue weighted by Gasteiger charge is -1.86. The highest BCUT2D eigenvalue weighted by molar-refractivity contribution is 5.92. The Labute approximate surface area is 78.5 Å². The van der Waals surface area contributed by atoms with E-state index in [1.54, 1.807) is 12.1 Å². The summed E-state index contributed by atoms with van der Waals surface area (Å²) in [6, 6.07) is 4.67. The van der Waals surface area contributed by atoms with Gasteiger partial charge in [-0.3, -0.25) is 9.59 Å². The maximum absolute atomic E-state index is 10.7. The number of oxazole rings is 1. The number of hydrogen-bond donors (Lipinski definition) is 1. The van der Waals surface area contributed by atoms with Gasteiger partial charge < -0.3 is 10.2 Å². The molecule has 5 nitrogen and oxygen atoms in total. The van der Waals surface area contributed by atoms with Crippen LogP contribution in [0.4, 0.5) is 0 Å². The highest BCUT2D eigenvalue weighted by atomic mass is 16.4. The van der Waals surface area contributed by atoms with Crippen LogP contribution in [0, 0.1) is 0 Å². The van der Waals surface area contributed by atoms with Crippen LogP contribution in [0.25, 0.3) is 11.1 Å². The molecule has 5 heteroatoms. The standard InChI is InChI=1S/C9H6N2O3/c10-8(13)9-11-6-3-5(4-12)1-2-7(6)14-9/h1-4H,(H2,10,13). The van der Waals surface area contributed by atoms with Gasteiger partial charge in [-0.25, -0.2) is 4.98 Å². The summed E-state index contributed by atoms with van der Waals surface area (Å²) in [5, 5.41) is 0. The lowest BCUT2D eigenvalue weighted by Crippen LogP contribution is -2.10. The molecule has 1 heterocycles. The molecule has 0 saturated heterocycles. The maximum Gasteiger partial charge on any atom is 0.304 e. The Balaban J connectivity index is 2.65. The molecule has 0 atom stereocenters. The predicted octanol–water partition coefficient (Wildman–Crippen LogP) is 0.739. The Kier molecular flexibility index (Phi) is 1.78. The van der Waals surface area contributed by atoms with Crippen molar-refractivity contribution in [2.24, 2.45) is 5.73 Å². The first kappa shape index (κ1) is 8.43. The fourth-order valence-corrected chi connectivity index (χ4v) is 1.12. The fourth-order valence-electron chi connectivity index (χ4n) is 1.12. The largest absolute Gasteiger partial charge is 0.432 e. The van der Waals surface area contributed by atoms with Crippen molar-refractivity contribution in [2.75, 3.05) is 0 Å². The number of nitrogens with two attached hydrogens (primary N) is 1. The van der Waals surface area contributed by atoms with Crippen molar-refractivity contribution in [1.29, 1.82) is 0 Å². The summed E-state index contributed by atoms with van der Waals surface area (Å²) in [5.74, 6) is -0.878. The van der Waals surface area contributed by atoms with Crippen molar-refractivity contribution < 1.29 is 14.0 Å². The fraction of sp³-hybridized carbons (Fsp3) is 0. The monoisotopic (exact) mass is 190 g/mol. The molecule has 0 aliphatic heterocycles. The van der Waals surface area contributed by atoms with Crippen molar-refractivity contribution >= 4 is 23.3 Å². The van der Waals surface area contributed by atoms with Crippen molar-refractivity contribution in [3.8, 4) is 0 Å². The number of aromatic nitrogens is 1. The normalized spacial score (nSPS) is 10.3. The van der Waals surface area contributed by atoms with E-state index in [1.807, 2.05) is 0 Å². The van der Waals surface area contributed by atoms with Gasteiger partial charge in [0.05, 0.1) is 0 Å². The van der Waals surface area contributed by atoms with Crippen LogP contribution in [0.5, 0.6) is 0 Å². The van der Waals surface area contributed by atoms with Gasteiger partial charge in [-0.05, 0) is 18.2 Å². The molecule has 1 aromatic carbocycles. The molecule has 0 aliphatic carbocycles. The van der Waals surface area contributed by atoms with Crippen molar-refractivity contribution in [3.05, 3.63) is 29.7 Å². The summed E-state index contributed by atoms with van der Waals surface area (Å²) in [5.41, 5.74) is 6.34. The SMILES string of the molecule is NC(=O)c1nc2cc(C=O)ccc2o1. The van der Waals surface area contributed by atoms with Crippen LogP contribution in [0.15, 0.2) is 22.6 Å². The number of aldehydes is 1. The number of benzene rings is 1. The first-order chi connectivity index (χ1) is 6.70. The van der Waals surface area contributed by atoms with Gasteiger partial charge in [0.1, 0.15) is 11.8 Å². The van der Waals surface area contributed by atoms with Crippen LogP contribution in [-0.4, -0.2) is 17.2 Å². The second-order valence-electron chi connectivity index (χ2n) is 2.73. The average molecular weight is 190 g/mol. The number of nitrogens with zero attached hydrogens (tertiary/aromatic N) is 1. The predicted molar refractivity (Wildman–Crippen MR) is 47.9 cm³/mol. The van der Waals surface area contributed by atoms with Crippen LogP contribution in [-0.2, 0) is 0 Å². The molecular weight excluding hydrogens is 184 g/mol. The molecule has 0 spiro atoms. The third-order valence-corrected chi connectivity index (χ3v) is 1.76. The molecule has 0 unspecified atom stereocenters.